The molecule has 0 aliphatic heterocycles. The van der Waals surface area contributed by atoms with Crippen molar-refractivity contribution in [2.45, 2.75) is 67.6 Å². The summed E-state index contributed by atoms with van der Waals surface area (Å²) in [5.74, 6) is -59.9. The van der Waals surface area contributed by atoms with Crippen molar-refractivity contribution in [2.24, 2.45) is 0 Å². The molecule has 0 bridgehead atoms. The normalized spacial score (nSPS) is 15.0. The highest BCUT2D eigenvalue weighted by Gasteiger charge is 2.94. The van der Waals surface area contributed by atoms with E-state index in [-0.39, 0.29) is 5.92 Å². The number of benzene rings is 1. The first-order chi connectivity index (χ1) is 15.7. The molecule has 0 aliphatic carbocycles. The third kappa shape index (κ3) is 4.43. The Morgan fingerprint density at radius 3 is 1.36 bits per heavy atom. The fourth-order valence-corrected chi connectivity index (χ4v) is 2.44. The lowest BCUT2D eigenvalue weighted by molar-refractivity contribution is -0.443. The Hall–Kier alpha value is -2.43. The van der Waals surface area contributed by atoms with Crippen LogP contribution in [0.4, 0.5) is 75.9 Å². The molecule has 0 unspecified atom stereocenters. The molecule has 0 radical (unpaired) electrons. The molecule has 0 fully saturated rings. The maximum absolute atomic E-state index is 13.9. The van der Waals surface area contributed by atoms with Crippen molar-refractivity contribution >= 4 is 11.6 Å². The molecule has 18 heteroatoms. The van der Waals surface area contributed by atoms with Gasteiger partial charge >= 0.3 is 53.8 Å². The van der Waals surface area contributed by atoms with E-state index in [0.29, 0.717) is 5.56 Å². The van der Waals surface area contributed by atoms with E-state index in [1.54, 1.807) is 13.8 Å². The van der Waals surface area contributed by atoms with Crippen molar-refractivity contribution < 1.29 is 75.0 Å². The van der Waals surface area contributed by atoms with Crippen LogP contribution in [0, 0.1) is 0 Å². The topological polar surface area (TPSA) is 29.1 Å². The van der Waals surface area contributed by atoms with Crippen LogP contribution in [0.3, 0.4) is 0 Å². The summed E-state index contributed by atoms with van der Waals surface area (Å²) in [5, 5.41) is 0.884. The zero-order chi connectivity index (χ0) is 28.9. The summed E-state index contributed by atoms with van der Waals surface area (Å²) >= 11 is 0. The number of alkyl halides is 16. The van der Waals surface area contributed by atoms with Crippen LogP contribution >= 0.6 is 0 Å². The van der Waals surface area contributed by atoms with Gasteiger partial charge in [-0.2, -0.15) is 61.5 Å². The minimum absolute atomic E-state index is 0.210. The van der Waals surface area contributed by atoms with Gasteiger partial charge in [-0.3, -0.25) is 4.79 Å². The van der Waals surface area contributed by atoms with E-state index in [4.69, 9.17) is 0 Å². The van der Waals surface area contributed by atoms with E-state index in [1.165, 1.54) is 0 Å². The third-order valence-corrected chi connectivity index (χ3v) is 4.78. The summed E-state index contributed by atoms with van der Waals surface area (Å²) in [6.45, 7) is 3.22. The SMILES string of the molecule is CC(C)c1ccc(NC(=O)C(F)(F)C(F)(F)C(F)(F)C(F)(F)C(F)(F)C(F)(F)C(F)(F)C(F)F)cc1. The van der Waals surface area contributed by atoms with Gasteiger partial charge in [0.05, 0.1) is 0 Å². The molecule has 1 N–H and O–H groups in total. The minimum Gasteiger partial charge on any atom is -0.321 e. The van der Waals surface area contributed by atoms with Crippen LogP contribution < -0.4 is 5.32 Å². The van der Waals surface area contributed by atoms with E-state index < -0.39 is 59.5 Å². The fraction of sp³-hybridized carbons (Fsp3) is 0.611. The van der Waals surface area contributed by atoms with Crippen molar-refractivity contribution in [3.63, 3.8) is 0 Å². The summed E-state index contributed by atoms with van der Waals surface area (Å²) in [6.07, 6.45) is -5.92. The lowest BCUT2D eigenvalue weighted by atomic mass is 9.89. The molecular formula is C18H13F16NO. The molecule has 1 rings (SSSR count). The molecule has 0 saturated carbocycles. The van der Waals surface area contributed by atoms with Crippen LogP contribution in [-0.2, 0) is 4.79 Å². The average Bonchev–Trinajstić information content (AvgIpc) is 2.72. The monoisotopic (exact) mass is 563 g/mol. The predicted molar refractivity (Wildman–Crippen MR) is 89.8 cm³/mol. The minimum atomic E-state index is -8.55. The summed E-state index contributed by atoms with van der Waals surface area (Å²) in [5.41, 5.74) is -0.372. The van der Waals surface area contributed by atoms with E-state index in [1.807, 2.05) is 0 Å². The molecule has 0 atom stereocenters. The van der Waals surface area contributed by atoms with Crippen LogP contribution in [0.1, 0.15) is 25.3 Å². The molecule has 0 spiro atoms. The summed E-state index contributed by atoms with van der Waals surface area (Å²) < 4.78 is 213. The van der Waals surface area contributed by atoms with E-state index in [0.717, 1.165) is 29.6 Å². The average molecular weight is 563 g/mol. The van der Waals surface area contributed by atoms with Crippen molar-refractivity contribution in [3.8, 4) is 0 Å². The smallest absolute Gasteiger partial charge is 0.321 e. The summed E-state index contributed by atoms with van der Waals surface area (Å²) in [4.78, 5) is 11.5. The Labute approximate surface area is 190 Å². The van der Waals surface area contributed by atoms with E-state index in [9.17, 15) is 75.0 Å². The molecule has 0 heterocycles. The van der Waals surface area contributed by atoms with Gasteiger partial charge in [-0.25, -0.2) is 8.78 Å². The highest BCUT2D eigenvalue weighted by molar-refractivity contribution is 5.97. The Balaban J connectivity index is 3.48. The lowest BCUT2D eigenvalue weighted by Gasteiger charge is -2.42. The lowest BCUT2D eigenvalue weighted by Crippen LogP contribution is -2.74. The zero-order valence-corrected chi connectivity index (χ0v) is 17.4. The largest absolute Gasteiger partial charge is 0.393 e. The van der Waals surface area contributed by atoms with Crippen LogP contribution in [0.15, 0.2) is 24.3 Å². The quantitative estimate of drug-likeness (QED) is 0.295. The Morgan fingerprint density at radius 1 is 0.639 bits per heavy atom. The number of hydrogen-bond acceptors (Lipinski definition) is 1. The molecule has 2 nitrogen and oxygen atoms in total. The molecule has 36 heavy (non-hydrogen) atoms. The molecular weight excluding hydrogens is 550 g/mol. The maximum Gasteiger partial charge on any atom is 0.393 e. The number of anilines is 1. The summed E-state index contributed by atoms with van der Waals surface area (Å²) in [6, 6.07) is 3.70. The van der Waals surface area contributed by atoms with Crippen molar-refractivity contribution in [2.75, 3.05) is 5.32 Å². The van der Waals surface area contributed by atoms with Gasteiger partial charge in [-0.05, 0) is 23.6 Å². The standard InChI is InChI=1S/C18H13F16NO/c1-7(2)8-3-5-9(6-4-8)35-11(36)13(23,24)15(27,28)17(31,32)18(33,34)16(29,30)14(25,26)12(21,22)10(19)20/h3-7,10H,1-2H3,(H,35,36). The van der Waals surface area contributed by atoms with Gasteiger partial charge < -0.3 is 5.32 Å². The van der Waals surface area contributed by atoms with Crippen LogP contribution in [0.2, 0.25) is 0 Å². The number of amides is 1. The van der Waals surface area contributed by atoms with Gasteiger partial charge in [-0.15, -0.1) is 0 Å². The highest BCUT2D eigenvalue weighted by atomic mass is 19.4. The Kier molecular flexibility index (Phi) is 8.03. The predicted octanol–water partition coefficient (Wildman–Crippen LogP) is 7.46. The van der Waals surface area contributed by atoms with E-state index in [2.05, 4.69) is 0 Å². The van der Waals surface area contributed by atoms with E-state index >= 15 is 0 Å². The third-order valence-electron chi connectivity index (χ3n) is 4.78. The first-order valence-corrected chi connectivity index (χ1v) is 9.09. The van der Waals surface area contributed by atoms with Gasteiger partial charge in [-0.1, -0.05) is 26.0 Å². The van der Waals surface area contributed by atoms with Crippen LogP contribution in [0.5, 0.6) is 0 Å². The van der Waals surface area contributed by atoms with Crippen molar-refractivity contribution in [1.82, 2.24) is 0 Å². The van der Waals surface area contributed by atoms with Gasteiger partial charge in [0.25, 0.3) is 0 Å². The molecule has 0 aliphatic rings. The second kappa shape index (κ2) is 9.15. The first-order valence-electron chi connectivity index (χ1n) is 9.09. The number of hydrogen-bond donors (Lipinski definition) is 1. The first kappa shape index (κ1) is 31.6. The summed E-state index contributed by atoms with van der Waals surface area (Å²) in [7, 11) is 0. The number of rotatable bonds is 10. The van der Waals surface area contributed by atoms with Gasteiger partial charge in [0.15, 0.2) is 0 Å². The highest BCUT2D eigenvalue weighted by Crippen LogP contribution is 2.62. The van der Waals surface area contributed by atoms with Gasteiger partial charge in [0.2, 0.25) is 0 Å². The number of nitrogens with one attached hydrogen (secondary N) is 1. The van der Waals surface area contributed by atoms with Crippen molar-refractivity contribution in [1.29, 1.82) is 0 Å². The molecule has 1 aromatic rings. The number of halogens is 16. The molecule has 0 saturated heterocycles. The second-order valence-corrected chi connectivity index (χ2v) is 7.60. The van der Waals surface area contributed by atoms with Gasteiger partial charge in [0.1, 0.15) is 0 Å². The molecule has 1 aromatic carbocycles. The van der Waals surface area contributed by atoms with Gasteiger partial charge in [0, 0.05) is 5.69 Å². The number of carbonyl (C=O) groups excluding carboxylic acids is 1. The second-order valence-electron chi connectivity index (χ2n) is 7.60. The Bertz CT molecular complexity index is 939. The van der Waals surface area contributed by atoms with Crippen LogP contribution in [0.25, 0.3) is 0 Å². The Morgan fingerprint density at radius 2 is 1.00 bits per heavy atom. The van der Waals surface area contributed by atoms with Crippen molar-refractivity contribution in [3.05, 3.63) is 29.8 Å². The molecule has 208 valence electrons. The fourth-order valence-electron chi connectivity index (χ4n) is 2.44. The maximum atomic E-state index is 13.9. The molecule has 0 aromatic heterocycles. The zero-order valence-electron chi connectivity index (χ0n) is 17.4. The van der Waals surface area contributed by atoms with Crippen LogP contribution in [-0.4, -0.2) is 53.8 Å². The number of carbonyl (C=O) groups is 1. The molecule has 1 amide bonds.